The van der Waals surface area contributed by atoms with Gasteiger partial charge in [-0.15, -0.1) is 0 Å². The van der Waals surface area contributed by atoms with Crippen LogP contribution >= 0.6 is 11.6 Å². The van der Waals surface area contributed by atoms with Gasteiger partial charge in [0.15, 0.2) is 0 Å². The third-order valence-corrected chi connectivity index (χ3v) is 3.46. The van der Waals surface area contributed by atoms with E-state index >= 15 is 0 Å². The van der Waals surface area contributed by atoms with E-state index in [1.54, 1.807) is 0 Å². The molecule has 1 atom stereocenters. The quantitative estimate of drug-likeness (QED) is 0.851. The Bertz CT molecular complexity index is 375. The van der Waals surface area contributed by atoms with Crippen LogP contribution in [0.3, 0.4) is 0 Å². The summed E-state index contributed by atoms with van der Waals surface area (Å²) in [5.74, 6) is 0.625. The first-order valence-corrected chi connectivity index (χ1v) is 6.91. The summed E-state index contributed by atoms with van der Waals surface area (Å²) in [5.41, 5.74) is 2.58. The van der Waals surface area contributed by atoms with Gasteiger partial charge in [-0.05, 0) is 50.2 Å². The van der Waals surface area contributed by atoms with Crippen LogP contribution < -0.4 is 5.32 Å². The van der Waals surface area contributed by atoms with E-state index in [4.69, 9.17) is 11.6 Å². The minimum Gasteiger partial charge on any atom is -0.308 e. The van der Waals surface area contributed by atoms with Gasteiger partial charge in [0, 0.05) is 24.2 Å². The Labute approximate surface area is 116 Å². The minimum absolute atomic E-state index is 0.509. The Hall–Kier alpha value is -0.570. The van der Waals surface area contributed by atoms with Crippen LogP contribution in [0.25, 0.3) is 0 Å². The first-order chi connectivity index (χ1) is 8.40. The zero-order chi connectivity index (χ0) is 13.7. The molecule has 18 heavy (non-hydrogen) atoms. The third kappa shape index (κ3) is 4.97. The smallest absolute Gasteiger partial charge is 0.0408 e. The van der Waals surface area contributed by atoms with E-state index in [1.165, 1.54) is 11.1 Å². The maximum absolute atomic E-state index is 5.97. The molecule has 1 aromatic carbocycles. The second-order valence-electron chi connectivity index (χ2n) is 5.56. The zero-order valence-corrected chi connectivity index (χ0v) is 12.9. The molecule has 0 amide bonds. The lowest BCUT2D eigenvalue weighted by atomic mass is 10.0. The van der Waals surface area contributed by atoms with Crippen LogP contribution in [0.2, 0.25) is 5.02 Å². The second-order valence-corrected chi connectivity index (χ2v) is 6.00. The fourth-order valence-corrected chi connectivity index (χ4v) is 2.23. The number of halogens is 1. The van der Waals surface area contributed by atoms with Crippen molar-refractivity contribution >= 4 is 11.6 Å². The first-order valence-electron chi connectivity index (χ1n) is 6.53. The monoisotopic (exact) mass is 268 g/mol. The van der Waals surface area contributed by atoms with Crippen molar-refractivity contribution in [3.63, 3.8) is 0 Å². The van der Waals surface area contributed by atoms with Gasteiger partial charge in [0.1, 0.15) is 0 Å². The number of aryl methyl sites for hydroxylation is 1. The van der Waals surface area contributed by atoms with Crippen LogP contribution in [0.5, 0.6) is 0 Å². The van der Waals surface area contributed by atoms with Crippen molar-refractivity contribution in [3.8, 4) is 0 Å². The lowest BCUT2D eigenvalue weighted by Crippen LogP contribution is -2.41. The molecule has 2 nitrogen and oxygen atoms in total. The summed E-state index contributed by atoms with van der Waals surface area (Å²) in [7, 11) is 4.23. The van der Waals surface area contributed by atoms with Gasteiger partial charge in [-0.3, -0.25) is 0 Å². The summed E-state index contributed by atoms with van der Waals surface area (Å²) in [6.07, 6.45) is 0. The maximum Gasteiger partial charge on any atom is 0.0408 e. The zero-order valence-electron chi connectivity index (χ0n) is 12.1. The summed E-state index contributed by atoms with van der Waals surface area (Å²) >= 11 is 5.97. The number of hydrogen-bond donors (Lipinski definition) is 1. The van der Waals surface area contributed by atoms with Gasteiger partial charge in [-0.1, -0.05) is 31.5 Å². The molecule has 0 bridgehead atoms. The molecule has 0 aliphatic heterocycles. The number of nitrogens with one attached hydrogen (secondary N) is 1. The summed E-state index contributed by atoms with van der Waals surface area (Å²) in [4.78, 5) is 2.23. The Morgan fingerprint density at radius 1 is 1.28 bits per heavy atom. The van der Waals surface area contributed by atoms with E-state index in [1.807, 2.05) is 12.1 Å². The number of nitrogens with zero attached hydrogens (tertiary/aromatic N) is 1. The van der Waals surface area contributed by atoms with Gasteiger partial charge in [-0.2, -0.15) is 0 Å². The van der Waals surface area contributed by atoms with Crippen molar-refractivity contribution in [2.24, 2.45) is 5.92 Å². The average molecular weight is 269 g/mol. The largest absolute Gasteiger partial charge is 0.308 e. The molecular formula is C15H25ClN2. The number of benzene rings is 1. The van der Waals surface area contributed by atoms with Crippen molar-refractivity contribution in [2.45, 2.75) is 33.4 Å². The minimum atomic E-state index is 0.509. The molecule has 0 saturated heterocycles. The van der Waals surface area contributed by atoms with Crippen LogP contribution in [0.4, 0.5) is 0 Å². The van der Waals surface area contributed by atoms with Crippen LogP contribution in [0, 0.1) is 12.8 Å². The lowest BCUT2D eigenvalue weighted by molar-refractivity contribution is 0.288. The van der Waals surface area contributed by atoms with E-state index in [2.05, 4.69) is 51.1 Å². The van der Waals surface area contributed by atoms with E-state index in [0.29, 0.717) is 12.0 Å². The standard InChI is InChI=1S/C15H25ClN2/c1-11(2)15(10-18(4)5)17-9-13-6-7-14(16)8-12(13)3/h6-8,11,15,17H,9-10H2,1-5H3. The maximum atomic E-state index is 5.97. The van der Waals surface area contributed by atoms with Crippen molar-refractivity contribution in [1.29, 1.82) is 0 Å². The predicted molar refractivity (Wildman–Crippen MR) is 80.2 cm³/mol. The number of rotatable bonds is 6. The van der Waals surface area contributed by atoms with E-state index in [9.17, 15) is 0 Å². The van der Waals surface area contributed by atoms with Crippen molar-refractivity contribution in [3.05, 3.63) is 34.3 Å². The fraction of sp³-hybridized carbons (Fsp3) is 0.600. The highest BCUT2D eigenvalue weighted by atomic mass is 35.5. The predicted octanol–water partition coefficient (Wildman–Crippen LogP) is 3.32. The summed E-state index contributed by atoms with van der Waals surface area (Å²) in [5, 5.41) is 4.45. The molecule has 0 saturated carbocycles. The molecule has 1 rings (SSSR count). The molecule has 0 aliphatic rings. The Balaban J connectivity index is 2.61. The highest BCUT2D eigenvalue weighted by molar-refractivity contribution is 6.30. The van der Waals surface area contributed by atoms with Gasteiger partial charge < -0.3 is 10.2 Å². The van der Waals surface area contributed by atoms with Crippen LogP contribution in [0.15, 0.2) is 18.2 Å². The van der Waals surface area contributed by atoms with Crippen molar-refractivity contribution in [1.82, 2.24) is 10.2 Å². The number of likely N-dealkylation sites (N-methyl/N-ethyl adjacent to an activating group) is 1. The molecule has 1 unspecified atom stereocenters. The highest BCUT2D eigenvalue weighted by Crippen LogP contribution is 2.15. The topological polar surface area (TPSA) is 15.3 Å². The molecule has 0 spiro atoms. The number of hydrogen-bond acceptors (Lipinski definition) is 2. The van der Waals surface area contributed by atoms with E-state index < -0.39 is 0 Å². The molecule has 0 aliphatic carbocycles. The molecule has 0 fully saturated rings. The highest BCUT2D eigenvalue weighted by Gasteiger charge is 2.13. The Morgan fingerprint density at radius 3 is 2.44 bits per heavy atom. The van der Waals surface area contributed by atoms with Gasteiger partial charge >= 0.3 is 0 Å². The summed E-state index contributed by atoms with van der Waals surface area (Å²) < 4.78 is 0. The first kappa shape index (κ1) is 15.5. The lowest BCUT2D eigenvalue weighted by Gasteiger charge is -2.26. The molecule has 102 valence electrons. The molecule has 1 aromatic rings. The van der Waals surface area contributed by atoms with Gasteiger partial charge in [-0.25, -0.2) is 0 Å². The van der Waals surface area contributed by atoms with Crippen LogP contribution in [-0.4, -0.2) is 31.6 Å². The Morgan fingerprint density at radius 2 is 1.94 bits per heavy atom. The summed E-state index contributed by atoms with van der Waals surface area (Å²) in [6, 6.07) is 6.60. The van der Waals surface area contributed by atoms with Crippen LogP contribution in [-0.2, 0) is 6.54 Å². The molecular weight excluding hydrogens is 244 g/mol. The van der Waals surface area contributed by atoms with Crippen molar-refractivity contribution < 1.29 is 0 Å². The molecule has 0 radical (unpaired) electrons. The van der Waals surface area contributed by atoms with Crippen LogP contribution in [0.1, 0.15) is 25.0 Å². The summed E-state index contributed by atoms with van der Waals surface area (Å²) in [6.45, 7) is 8.59. The second kappa shape index (κ2) is 7.13. The fourth-order valence-electron chi connectivity index (χ4n) is 2.00. The van der Waals surface area contributed by atoms with E-state index in [0.717, 1.165) is 18.1 Å². The molecule has 3 heteroatoms. The van der Waals surface area contributed by atoms with Crippen molar-refractivity contribution in [2.75, 3.05) is 20.6 Å². The third-order valence-electron chi connectivity index (χ3n) is 3.23. The molecule has 1 N–H and O–H groups in total. The van der Waals surface area contributed by atoms with Gasteiger partial charge in [0.2, 0.25) is 0 Å². The van der Waals surface area contributed by atoms with Gasteiger partial charge in [0.25, 0.3) is 0 Å². The normalized spacial score (nSPS) is 13.3. The Kier molecular flexibility index (Phi) is 6.13. The van der Waals surface area contributed by atoms with Gasteiger partial charge in [0.05, 0.1) is 0 Å². The molecule has 0 heterocycles. The van der Waals surface area contributed by atoms with E-state index in [-0.39, 0.29) is 0 Å². The SMILES string of the molecule is Cc1cc(Cl)ccc1CNC(CN(C)C)C(C)C. The average Bonchev–Trinajstić information content (AvgIpc) is 2.25. The molecule has 0 aromatic heterocycles.